The molecule has 106 valence electrons. The summed E-state index contributed by atoms with van der Waals surface area (Å²) < 4.78 is 0. The number of hydrogen-bond donors (Lipinski definition) is 1. The Kier molecular flexibility index (Phi) is 6.28. The van der Waals surface area contributed by atoms with Gasteiger partial charge in [-0.1, -0.05) is 34.1 Å². The van der Waals surface area contributed by atoms with E-state index in [2.05, 4.69) is 11.4 Å². The number of anilines is 1. The Morgan fingerprint density at radius 3 is 3.10 bits per heavy atom. The van der Waals surface area contributed by atoms with Gasteiger partial charge in [-0.15, -0.1) is 0 Å². The fourth-order valence-electron chi connectivity index (χ4n) is 2.11. The number of amides is 1. The second kappa shape index (κ2) is 8.23. The molecular weight excluding hydrogens is 288 g/mol. The van der Waals surface area contributed by atoms with Crippen molar-refractivity contribution in [3.05, 3.63) is 29.8 Å². The first-order valence-corrected chi connectivity index (χ1v) is 9.24. The zero-order valence-corrected chi connectivity index (χ0v) is 12.9. The maximum absolute atomic E-state index is 11.8. The van der Waals surface area contributed by atoms with Crippen LogP contribution < -0.4 is 5.32 Å². The van der Waals surface area contributed by atoms with Crippen LogP contribution in [0.4, 0.5) is 5.69 Å². The third-order valence-corrected chi connectivity index (χ3v) is 6.19. The molecule has 2 rings (SSSR count). The highest BCUT2D eigenvalue weighted by Gasteiger charge is 2.15. The van der Waals surface area contributed by atoms with Crippen molar-refractivity contribution in [2.24, 2.45) is 0 Å². The molecule has 0 aromatic heterocycles. The van der Waals surface area contributed by atoms with Gasteiger partial charge < -0.3 is 5.32 Å². The number of carbonyl (C=O) groups excluding carboxylic acids is 1. The zero-order valence-electron chi connectivity index (χ0n) is 11.3. The molecule has 1 aliphatic rings. The Morgan fingerprint density at radius 2 is 2.35 bits per heavy atom. The number of hydrogen-bond acceptors (Lipinski definition) is 4. The van der Waals surface area contributed by atoms with Crippen molar-refractivity contribution < 1.29 is 4.79 Å². The molecule has 0 spiro atoms. The molecule has 1 saturated heterocycles. The summed E-state index contributed by atoms with van der Waals surface area (Å²) in [5, 5.41) is 12.4. The predicted molar refractivity (Wildman–Crippen MR) is 86.7 cm³/mol. The number of rotatable bonds is 6. The summed E-state index contributed by atoms with van der Waals surface area (Å²) in [6.45, 7) is 0. The molecule has 0 aliphatic carbocycles. The average Bonchev–Trinajstić information content (AvgIpc) is 2.97. The predicted octanol–water partition coefficient (Wildman–Crippen LogP) is 4.21. The molecule has 1 aliphatic heterocycles. The summed E-state index contributed by atoms with van der Waals surface area (Å²) in [5.74, 6) is 1.30. The first-order chi connectivity index (χ1) is 9.78. The smallest absolute Gasteiger partial charge is 0.224 e. The number of unbranched alkanes of at least 4 members (excludes halogenated alkanes) is 1. The van der Waals surface area contributed by atoms with Gasteiger partial charge in [-0.3, -0.25) is 4.79 Å². The third-order valence-electron chi connectivity index (χ3n) is 3.18. The van der Waals surface area contributed by atoms with Crippen LogP contribution in [0.15, 0.2) is 24.3 Å². The van der Waals surface area contributed by atoms with Gasteiger partial charge in [0.15, 0.2) is 0 Å². The molecule has 0 radical (unpaired) electrons. The Labute approximate surface area is 127 Å². The first kappa shape index (κ1) is 15.3. The van der Waals surface area contributed by atoms with E-state index in [4.69, 9.17) is 5.26 Å². The van der Waals surface area contributed by atoms with E-state index in [0.717, 1.165) is 18.1 Å². The van der Waals surface area contributed by atoms with Crippen LogP contribution in [0.2, 0.25) is 0 Å². The molecule has 1 aromatic carbocycles. The molecule has 1 aromatic rings. The summed E-state index contributed by atoms with van der Waals surface area (Å²) in [6.07, 6.45) is 5.13. The van der Waals surface area contributed by atoms with Crippen LogP contribution in [-0.2, 0) is 4.79 Å². The van der Waals surface area contributed by atoms with E-state index in [9.17, 15) is 4.79 Å². The normalized spacial score (nSPS) is 17.6. The van der Waals surface area contributed by atoms with Gasteiger partial charge in [-0.2, -0.15) is 5.26 Å². The van der Waals surface area contributed by atoms with Crippen molar-refractivity contribution in [3.63, 3.8) is 0 Å². The summed E-state index contributed by atoms with van der Waals surface area (Å²) in [4.78, 5) is 11.8. The largest absolute Gasteiger partial charge is 0.326 e. The molecule has 0 bridgehead atoms. The van der Waals surface area contributed by atoms with Gasteiger partial charge in [0, 0.05) is 23.1 Å². The molecule has 20 heavy (non-hydrogen) atoms. The molecule has 0 saturated carbocycles. The summed E-state index contributed by atoms with van der Waals surface area (Å²) in [6, 6.07) is 9.09. The molecule has 1 atom stereocenters. The lowest BCUT2D eigenvalue weighted by molar-refractivity contribution is -0.116. The lowest BCUT2D eigenvalue weighted by Crippen LogP contribution is -2.11. The van der Waals surface area contributed by atoms with Crippen molar-refractivity contribution >= 4 is 33.2 Å². The minimum absolute atomic E-state index is 0.0357. The lowest BCUT2D eigenvalue weighted by Gasteiger charge is -2.07. The SMILES string of the molecule is N#Cc1cccc(NC(=O)CCCCC2CCSS2)c1. The fourth-order valence-corrected chi connectivity index (χ4v) is 5.14. The average molecular weight is 306 g/mol. The second-order valence-corrected chi connectivity index (χ2v) is 7.60. The van der Waals surface area contributed by atoms with Gasteiger partial charge in [0.2, 0.25) is 5.91 Å². The summed E-state index contributed by atoms with van der Waals surface area (Å²) in [7, 11) is 3.96. The second-order valence-electron chi connectivity index (χ2n) is 4.82. The Bertz CT molecular complexity index is 493. The molecule has 1 amide bonds. The molecule has 5 heteroatoms. The highest BCUT2D eigenvalue weighted by atomic mass is 33.1. The zero-order chi connectivity index (χ0) is 14.2. The molecule has 1 heterocycles. The maximum atomic E-state index is 11.8. The Balaban J connectivity index is 1.65. The van der Waals surface area contributed by atoms with Crippen LogP contribution >= 0.6 is 21.6 Å². The van der Waals surface area contributed by atoms with Crippen molar-refractivity contribution in [2.75, 3.05) is 11.1 Å². The van der Waals surface area contributed by atoms with Crippen LogP contribution in [-0.4, -0.2) is 16.9 Å². The first-order valence-electron chi connectivity index (χ1n) is 6.86. The lowest BCUT2D eigenvalue weighted by atomic mass is 10.1. The molecular formula is C15H18N2OS2. The van der Waals surface area contributed by atoms with Gasteiger partial charge in [-0.25, -0.2) is 0 Å². The molecule has 1 fully saturated rings. The van der Waals surface area contributed by atoms with E-state index < -0.39 is 0 Å². The summed E-state index contributed by atoms with van der Waals surface area (Å²) in [5.41, 5.74) is 1.27. The van der Waals surface area contributed by atoms with E-state index in [1.54, 1.807) is 18.2 Å². The fraction of sp³-hybridized carbons (Fsp3) is 0.467. The minimum Gasteiger partial charge on any atom is -0.326 e. The maximum Gasteiger partial charge on any atom is 0.224 e. The van der Waals surface area contributed by atoms with Crippen molar-refractivity contribution in [1.82, 2.24) is 0 Å². The van der Waals surface area contributed by atoms with Crippen molar-refractivity contribution in [3.8, 4) is 6.07 Å². The van der Waals surface area contributed by atoms with Crippen LogP contribution in [0, 0.1) is 11.3 Å². The van der Waals surface area contributed by atoms with Gasteiger partial charge >= 0.3 is 0 Å². The Hall–Kier alpha value is -1.12. The van der Waals surface area contributed by atoms with Gasteiger partial charge in [-0.05, 0) is 37.5 Å². The third kappa shape index (κ3) is 5.10. The standard InChI is InChI=1S/C15H18N2OS2/c16-11-12-4-3-5-13(10-12)17-15(18)7-2-1-6-14-8-9-19-20-14/h3-5,10,14H,1-2,6-9H2,(H,17,18). The Morgan fingerprint density at radius 1 is 1.45 bits per heavy atom. The van der Waals surface area contributed by atoms with Gasteiger partial charge in [0.25, 0.3) is 0 Å². The van der Waals surface area contributed by atoms with Crippen molar-refractivity contribution in [2.45, 2.75) is 37.4 Å². The van der Waals surface area contributed by atoms with Crippen LogP contribution in [0.5, 0.6) is 0 Å². The van der Waals surface area contributed by atoms with E-state index in [1.165, 1.54) is 18.6 Å². The van der Waals surface area contributed by atoms with Crippen LogP contribution in [0.25, 0.3) is 0 Å². The van der Waals surface area contributed by atoms with Gasteiger partial charge in [0.05, 0.1) is 11.6 Å². The molecule has 1 N–H and O–H groups in total. The quantitative estimate of drug-likeness (QED) is 0.632. The van der Waals surface area contributed by atoms with E-state index in [-0.39, 0.29) is 5.91 Å². The van der Waals surface area contributed by atoms with Crippen LogP contribution in [0.1, 0.15) is 37.7 Å². The number of carbonyl (C=O) groups is 1. The monoisotopic (exact) mass is 306 g/mol. The van der Waals surface area contributed by atoms with Crippen molar-refractivity contribution in [1.29, 1.82) is 5.26 Å². The highest BCUT2D eigenvalue weighted by Crippen LogP contribution is 2.39. The van der Waals surface area contributed by atoms with Crippen LogP contribution in [0.3, 0.4) is 0 Å². The topological polar surface area (TPSA) is 52.9 Å². The number of nitrogens with zero attached hydrogens (tertiary/aromatic N) is 1. The molecule has 3 nitrogen and oxygen atoms in total. The van der Waals surface area contributed by atoms with E-state index in [1.807, 2.05) is 27.7 Å². The summed E-state index contributed by atoms with van der Waals surface area (Å²) >= 11 is 0. The minimum atomic E-state index is 0.0357. The van der Waals surface area contributed by atoms with E-state index in [0.29, 0.717) is 17.7 Å². The molecule has 1 unspecified atom stereocenters. The number of nitrogens with one attached hydrogen (secondary N) is 1. The highest BCUT2D eigenvalue weighted by molar-refractivity contribution is 8.77. The van der Waals surface area contributed by atoms with Gasteiger partial charge in [0.1, 0.15) is 0 Å². The number of benzene rings is 1. The number of nitriles is 1. The van der Waals surface area contributed by atoms with E-state index >= 15 is 0 Å².